The molecule has 0 amide bonds. The third-order valence-electron chi connectivity index (χ3n) is 3.27. The summed E-state index contributed by atoms with van der Waals surface area (Å²) >= 11 is 3.21. The van der Waals surface area contributed by atoms with Crippen LogP contribution < -0.4 is 0 Å². The van der Waals surface area contributed by atoms with Crippen molar-refractivity contribution in [2.45, 2.75) is 6.18 Å². The minimum atomic E-state index is -4.41. The van der Waals surface area contributed by atoms with Crippen LogP contribution in [-0.4, -0.2) is 14.7 Å². The van der Waals surface area contributed by atoms with E-state index in [1.165, 1.54) is 35.0 Å². The van der Waals surface area contributed by atoms with Crippen LogP contribution >= 0.6 is 15.9 Å². The van der Waals surface area contributed by atoms with Crippen LogP contribution in [0, 0.1) is 10.1 Å². The molecule has 1 heterocycles. The molecule has 0 saturated carbocycles. The average Bonchev–Trinajstić information content (AvgIpc) is 2.83. The highest BCUT2D eigenvalue weighted by Crippen LogP contribution is 2.32. The van der Waals surface area contributed by atoms with Crippen molar-refractivity contribution >= 4 is 32.5 Å². The summed E-state index contributed by atoms with van der Waals surface area (Å²) in [6.45, 7) is 0. The Balaban J connectivity index is 2.12. The lowest BCUT2D eigenvalue weighted by Crippen LogP contribution is -2.05. The van der Waals surface area contributed by atoms with Crippen molar-refractivity contribution in [3.05, 3.63) is 62.7 Å². The molecular weight excluding hydrogens is 379 g/mol. The molecule has 9 heteroatoms. The Morgan fingerprint density at radius 3 is 2.35 bits per heavy atom. The lowest BCUT2D eigenvalue weighted by molar-refractivity contribution is -0.384. The van der Waals surface area contributed by atoms with Gasteiger partial charge in [0.05, 0.1) is 21.7 Å². The topological polar surface area (TPSA) is 61.0 Å². The highest BCUT2D eigenvalue weighted by molar-refractivity contribution is 9.10. The maximum absolute atomic E-state index is 12.6. The summed E-state index contributed by atoms with van der Waals surface area (Å²) in [5.74, 6) is 0. The van der Waals surface area contributed by atoms with E-state index in [9.17, 15) is 23.3 Å². The van der Waals surface area contributed by atoms with Gasteiger partial charge < -0.3 is 0 Å². The van der Waals surface area contributed by atoms with E-state index in [-0.39, 0.29) is 5.69 Å². The molecule has 0 N–H and O–H groups in total. The van der Waals surface area contributed by atoms with E-state index in [1.54, 1.807) is 0 Å². The zero-order chi connectivity index (χ0) is 16.8. The van der Waals surface area contributed by atoms with Crippen LogP contribution in [0.15, 0.2) is 47.1 Å². The van der Waals surface area contributed by atoms with Crippen LogP contribution in [0.5, 0.6) is 0 Å². The first-order valence-electron chi connectivity index (χ1n) is 6.27. The van der Waals surface area contributed by atoms with Gasteiger partial charge in [-0.2, -0.15) is 18.3 Å². The van der Waals surface area contributed by atoms with Gasteiger partial charge in [-0.05, 0) is 46.3 Å². The number of nitro groups is 1. The number of alkyl halides is 3. The summed E-state index contributed by atoms with van der Waals surface area (Å²) in [7, 11) is 0. The van der Waals surface area contributed by atoms with Crippen molar-refractivity contribution in [2.75, 3.05) is 0 Å². The van der Waals surface area contributed by atoms with E-state index >= 15 is 0 Å². The summed E-state index contributed by atoms with van der Waals surface area (Å²) in [4.78, 5) is 10.3. The van der Waals surface area contributed by atoms with Gasteiger partial charge in [0.15, 0.2) is 0 Å². The van der Waals surface area contributed by atoms with E-state index in [2.05, 4.69) is 21.0 Å². The van der Waals surface area contributed by atoms with E-state index < -0.39 is 16.7 Å². The molecule has 0 atom stereocenters. The number of hydrogen-bond acceptors (Lipinski definition) is 3. The van der Waals surface area contributed by atoms with Crippen molar-refractivity contribution in [1.82, 2.24) is 9.78 Å². The van der Waals surface area contributed by atoms with E-state index in [1.807, 2.05) is 0 Å². The lowest BCUT2D eigenvalue weighted by Gasteiger charge is -2.08. The quantitative estimate of drug-likeness (QED) is 0.473. The van der Waals surface area contributed by atoms with Gasteiger partial charge in [-0.15, -0.1) is 0 Å². The Morgan fingerprint density at radius 2 is 1.78 bits per heavy atom. The molecule has 0 spiro atoms. The Labute approximate surface area is 135 Å². The maximum atomic E-state index is 12.6. The highest BCUT2D eigenvalue weighted by Gasteiger charge is 2.30. The molecule has 0 fully saturated rings. The Bertz CT molecular complexity index is 904. The van der Waals surface area contributed by atoms with Crippen molar-refractivity contribution in [2.24, 2.45) is 0 Å². The summed E-state index contributed by atoms with van der Waals surface area (Å²) < 4.78 is 39.6. The molecule has 2 aromatic carbocycles. The van der Waals surface area contributed by atoms with E-state index in [0.717, 1.165) is 12.1 Å². The third kappa shape index (κ3) is 2.79. The van der Waals surface area contributed by atoms with Gasteiger partial charge in [-0.1, -0.05) is 0 Å². The van der Waals surface area contributed by atoms with Crippen LogP contribution in [0.4, 0.5) is 18.9 Å². The zero-order valence-corrected chi connectivity index (χ0v) is 12.8. The predicted molar refractivity (Wildman–Crippen MR) is 80.4 cm³/mol. The number of nitrogens with zero attached hydrogens (tertiary/aromatic N) is 3. The zero-order valence-electron chi connectivity index (χ0n) is 11.2. The van der Waals surface area contributed by atoms with Gasteiger partial charge in [-0.25, -0.2) is 4.68 Å². The second-order valence-corrected chi connectivity index (χ2v) is 5.46. The first kappa shape index (κ1) is 15.5. The van der Waals surface area contributed by atoms with Crippen molar-refractivity contribution in [3.63, 3.8) is 0 Å². The summed E-state index contributed by atoms with van der Waals surface area (Å²) in [5, 5.41) is 15.5. The van der Waals surface area contributed by atoms with Gasteiger partial charge in [0.2, 0.25) is 0 Å². The molecular formula is C14H7BrF3N3O2. The number of fused-ring (bicyclic) bond motifs is 1. The Kier molecular flexibility index (Phi) is 3.59. The number of benzene rings is 2. The smallest absolute Gasteiger partial charge is 0.258 e. The van der Waals surface area contributed by atoms with Crippen LogP contribution in [0.3, 0.4) is 0 Å². The molecule has 3 aromatic rings. The number of nitro benzene ring substituents is 1. The molecule has 0 saturated heterocycles. The van der Waals surface area contributed by atoms with Gasteiger partial charge in [0.1, 0.15) is 4.60 Å². The molecule has 118 valence electrons. The molecule has 5 nitrogen and oxygen atoms in total. The number of non-ortho nitro benzene ring substituents is 1. The monoisotopic (exact) mass is 385 g/mol. The van der Waals surface area contributed by atoms with Crippen LogP contribution in [0.1, 0.15) is 5.56 Å². The average molecular weight is 386 g/mol. The van der Waals surface area contributed by atoms with Gasteiger partial charge in [0.25, 0.3) is 5.69 Å². The first-order chi connectivity index (χ1) is 10.8. The first-order valence-corrected chi connectivity index (χ1v) is 7.07. The number of hydrogen-bond donors (Lipinski definition) is 0. The predicted octanol–water partition coefficient (Wildman–Crippen LogP) is 4.72. The largest absolute Gasteiger partial charge is 0.416 e. The molecule has 1 aromatic heterocycles. The fourth-order valence-electron chi connectivity index (χ4n) is 2.17. The second kappa shape index (κ2) is 5.34. The van der Waals surface area contributed by atoms with Crippen LogP contribution in [0.25, 0.3) is 16.6 Å². The molecule has 0 radical (unpaired) electrons. The fourth-order valence-corrected chi connectivity index (χ4v) is 2.65. The minimum absolute atomic E-state index is 0.0924. The third-order valence-corrected chi connectivity index (χ3v) is 3.85. The number of rotatable bonds is 2. The van der Waals surface area contributed by atoms with Crippen molar-refractivity contribution in [1.29, 1.82) is 0 Å². The fraction of sp³-hybridized carbons (Fsp3) is 0.0714. The highest BCUT2D eigenvalue weighted by atomic mass is 79.9. The minimum Gasteiger partial charge on any atom is -0.258 e. The summed E-state index contributed by atoms with van der Waals surface area (Å²) in [6, 6.07) is 8.68. The Hall–Kier alpha value is -2.42. The van der Waals surface area contributed by atoms with Crippen molar-refractivity contribution < 1.29 is 18.1 Å². The maximum Gasteiger partial charge on any atom is 0.416 e. The Morgan fingerprint density at radius 1 is 1.13 bits per heavy atom. The molecule has 0 aliphatic heterocycles. The lowest BCUT2D eigenvalue weighted by atomic mass is 10.2. The van der Waals surface area contributed by atoms with Crippen LogP contribution in [-0.2, 0) is 6.18 Å². The van der Waals surface area contributed by atoms with Gasteiger partial charge in [-0.3, -0.25) is 10.1 Å². The summed E-state index contributed by atoms with van der Waals surface area (Å²) in [6.07, 6.45) is -4.41. The summed E-state index contributed by atoms with van der Waals surface area (Å²) in [5.41, 5.74) is 0.113. The number of halogens is 4. The van der Waals surface area contributed by atoms with E-state index in [0.29, 0.717) is 21.2 Å². The van der Waals surface area contributed by atoms with Gasteiger partial charge >= 0.3 is 6.18 Å². The van der Waals surface area contributed by atoms with Crippen LogP contribution in [0.2, 0.25) is 0 Å². The molecule has 23 heavy (non-hydrogen) atoms. The molecule has 0 aliphatic rings. The second-order valence-electron chi connectivity index (χ2n) is 4.71. The number of aromatic nitrogens is 2. The standard InChI is InChI=1S/C14H7BrF3N3O2/c15-13-11-7-10(21(22)23)5-6-12(11)20(19-13)9-3-1-8(2-4-9)14(16,17)18/h1-7H. The SMILES string of the molecule is O=[N+]([O-])c1ccc2c(c1)c(Br)nn2-c1ccc(C(F)(F)F)cc1. The molecule has 0 bridgehead atoms. The molecule has 0 unspecified atom stereocenters. The normalized spacial score (nSPS) is 11.8. The van der Waals surface area contributed by atoms with Crippen molar-refractivity contribution in [3.8, 4) is 5.69 Å². The molecule has 3 rings (SSSR count). The van der Waals surface area contributed by atoms with Gasteiger partial charge in [0, 0.05) is 17.5 Å². The molecule has 0 aliphatic carbocycles. The van der Waals surface area contributed by atoms with E-state index in [4.69, 9.17) is 0 Å².